The van der Waals surface area contributed by atoms with E-state index in [2.05, 4.69) is 10.2 Å². The highest BCUT2D eigenvalue weighted by atomic mass is 16.5. The summed E-state index contributed by atoms with van der Waals surface area (Å²) < 4.78 is 5.28. The Bertz CT molecular complexity index is 232. The van der Waals surface area contributed by atoms with Gasteiger partial charge in [0.15, 0.2) is 0 Å². The SMILES string of the molecule is CC(C)(N)C(=O)NCCCCN1CCOCC1. The number of carbonyl (C=O) groups excluding carboxylic acids is 1. The third-order valence-electron chi connectivity index (χ3n) is 2.88. The van der Waals surface area contributed by atoms with Crippen molar-refractivity contribution in [1.82, 2.24) is 10.2 Å². The molecule has 1 amide bonds. The standard InChI is InChI=1S/C12H25N3O2/c1-12(2,13)11(16)14-5-3-4-6-15-7-9-17-10-8-15/h3-10,13H2,1-2H3,(H,14,16). The maximum absolute atomic E-state index is 11.5. The normalized spacial score (nSPS) is 18.1. The van der Waals surface area contributed by atoms with Crippen molar-refractivity contribution in [2.45, 2.75) is 32.2 Å². The molecule has 1 aliphatic heterocycles. The number of hydrogen-bond donors (Lipinski definition) is 2. The zero-order chi connectivity index (χ0) is 12.7. The van der Waals surface area contributed by atoms with E-state index in [0.29, 0.717) is 6.54 Å². The van der Waals surface area contributed by atoms with E-state index >= 15 is 0 Å². The van der Waals surface area contributed by atoms with Gasteiger partial charge in [0, 0.05) is 19.6 Å². The molecule has 0 bridgehead atoms. The van der Waals surface area contributed by atoms with Gasteiger partial charge in [-0.15, -0.1) is 0 Å². The van der Waals surface area contributed by atoms with Crippen molar-refractivity contribution in [2.75, 3.05) is 39.4 Å². The molecule has 1 aliphatic rings. The van der Waals surface area contributed by atoms with Crippen molar-refractivity contribution < 1.29 is 9.53 Å². The first kappa shape index (κ1) is 14.4. The summed E-state index contributed by atoms with van der Waals surface area (Å²) in [4.78, 5) is 13.9. The predicted octanol–water partition coefficient (Wildman–Crippen LogP) is -0.0477. The fraction of sp³-hybridized carbons (Fsp3) is 0.917. The van der Waals surface area contributed by atoms with Gasteiger partial charge in [-0.3, -0.25) is 9.69 Å². The molecule has 0 aromatic carbocycles. The van der Waals surface area contributed by atoms with Crippen LogP contribution >= 0.6 is 0 Å². The summed E-state index contributed by atoms with van der Waals surface area (Å²) in [5.74, 6) is -0.0797. The van der Waals surface area contributed by atoms with Crippen molar-refractivity contribution in [3.8, 4) is 0 Å². The van der Waals surface area contributed by atoms with Gasteiger partial charge in [0.2, 0.25) is 5.91 Å². The van der Waals surface area contributed by atoms with E-state index in [1.54, 1.807) is 13.8 Å². The fourth-order valence-electron chi connectivity index (χ4n) is 1.71. The van der Waals surface area contributed by atoms with Gasteiger partial charge in [-0.1, -0.05) is 0 Å². The number of nitrogens with one attached hydrogen (secondary N) is 1. The van der Waals surface area contributed by atoms with Gasteiger partial charge < -0.3 is 15.8 Å². The van der Waals surface area contributed by atoms with Crippen LogP contribution in [0.5, 0.6) is 0 Å². The van der Waals surface area contributed by atoms with E-state index in [9.17, 15) is 4.79 Å². The molecule has 1 heterocycles. The summed E-state index contributed by atoms with van der Waals surface area (Å²) in [7, 11) is 0. The second kappa shape index (κ2) is 6.93. The number of morpholine rings is 1. The lowest BCUT2D eigenvalue weighted by Gasteiger charge is -2.26. The van der Waals surface area contributed by atoms with Gasteiger partial charge in [-0.25, -0.2) is 0 Å². The molecule has 0 aliphatic carbocycles. The molecular weight excluding hydrogens is 218 g/mol. The Hall–Kier alpha value is -0.650. The van der Waals surface area contributed by atoms with Gasteiger partial charge in [0.1, 0.15) is 0 Å². The summed E-state index contributed by atoms with van der Waals surface area (Å²) in [5, 5.41) is 2.85. The fourth-order valence-corrected chi connectivity index (χ4v) is 1.71. The maximum atomic E-state index is 11.5. The number of nitrogens with zero attached hydrogens (tertiary/aromatic N) is 1. The van der Waals surface area contributed by atoms with Gasteiger partial charge in [-0.05, 0) is 33.2 Å². The van der Waals surface area contributed by atoms with Crippen LogP contribution in [-0.2, 0) is 9.53 Å². The third kappa shape index (κ3) is 6.00. The molecular formula is C12H25N3O2. The van der Waals surface area contributed by atoms with Crippen LogP contribution in [-0.4, -0.2) is 55.7 Å². The minimum atomic E-state index is -0.774. The minimum absolute atomic E-state index is 0.0797. The Balaban J connectivity index is 1.99. The maximum Gasteiger partial charge on any atom is 0.239 e. The Kier molecular flexibility index (Phi) is 5.88. The van der Waals surface area contributed by atoms with Crippen LogP contribution in [0.4, 0.5) is 0 Å². The van der Waals surface area contributed by atoms with Crippen LogP contribution in [0.25, 0.3) is 0 Å². The highest BCUT2D eigenvalue weighted by Gasteiger charge is 2.20. The summed E-state index contributed by atoms with van der Waals surface area (Å²) in [6.07, 6.45) is 2.10. The van der Waals surface area contributed by atoms with Crippen molar-refractivity contribution in [2.24, 2.45) is 5.73 Å². The molecule has 0 saturated carbocycles. The average molecular weight is 243 g/mol. The predicted molar refractivity (Wildman–Crippen MR) is 67.8 cm³/mol. The van der Waals surface area contributed by atoms with Gasteiger partial charge in [-0.2, -0.15) is 0 Å². The number of ether oxygens (including phenoxy) is 1. The third-order valence-corrected chi connectivity index (χ3v) is 2.88. The quantitative estimate of drug-likeness (QED) is 0.642. The van der Waals surface area contributed by atoms with Gasteiger partial charge >= 0.3 is 0 Å². The van der Waals surface area contributed by atoms with Gasteiger partial charge in [0.25, 0.3) is 0 Å². The molecule has 1 rings (SSSR count). The van der Waals surface area contributed by atoms with E-state index in [1.807, 2.05) is 0 Å². The second-order valence-corrected chi connectivity index (χ2v) is 5.14. The Morgan fingerprint density at radius 3 is 2.59 bits per heavy atom. The number of amides is 1. The Labute approximate surface area is 104 Å². The van der Waals surface area contributed by atoms with E-state index in [4.69, 9.17) is 10.5 Å². The number of hydrogen-bond acceptors (Lipinski definition) is 4. The molecule has 1 fully saturated rings. The van der Waals surface area contributed by atoms with Crippen LogP contribution in [0, 0.1) is 0 Å². The summed E-state index contributed by atoms with van der Waals surface area (Å²) in [5.41, 5.74) is 4.90. The van der Waals surface area contributed by atoms with Crippen molar-refractivity contribution in [3.63, 3.8) is 0 Å². The molecule has 1 saturated heterocycles. The number of carbonyl (C=O) groups is 1. The molecule has 0 unspecified atom stereocenters. The Morgan fingerprint density at radius 1 is 1.35 bits per heavy atom. The van der Waals surface area contributed by atoms with Crippen LogP contribution < -0.4 is 11.1 Å². The summed E-state index contributed by atoms with van der Waals surface area (Å²) in [6, 6.07) is 0. The summed E-state index contributed by atoms with van der Waals surface area (Å²) >= 11 is 0. The topological polar surface area (TPSA) is 67.6 Å². The largest absolute Gasteiger partial charge is 0.379 e. The minimum Gasteiger partial charge on any atom is -0.379 e. The second-order valence-electron chi connectivity index (χ2n) is 5.14. The summed E-state index contributed by atoms with van der Waals surface area (Å²) in [6.45, 7) is 8.99. The first-order chi connectivity index (χ1) is 8.00. The van der Waals surface area contributed by atoms with E-state index in [-0.39, 0.29) is 5.91 Å². The van der Waals surface area contributed by atoms with Crippen LogP contribution in [0.3, 0.4) is 0 Å². The zero-order valence-electron chi connectivity index (χ0n) is 11.0. The lowest BCUT2D eigenvalue weighted by molar-refractivity contribution is -0.125. The Morgan fingerprint density at radius 2 is 2.00 bits per heavy atom. The zero-order valence-corrected chi connectivity index (χ0v) is 11.0. The molecule has 0 aromatic rings. The van der Waals surface area contributed by atoms with Gasteiger partial charge in [0.05, 0.1) is 18.8 Å². The molecule has 5 heteroatoms. The smallest absolute Gasteiger partial charge is 0.239 e. The molecule has 0 spiro atoms. The number of unbranched alkanes of at least 4 members (excludes halogenated alkanes) is 1. The van der Waals surface area contributed by atoms with Crippen LogP contribution in [0.2, 0.25) is 0 Å². The van der Waals surface area contributed by atoms with E-state index in [1.165, 1.54) is 0 Å². The van der Waals surface area contributed by atoms with Crippen molar-refractivity contribution in [1.29, 1.82) is 0 Å². The van der Waals surface area contributed by atoms with E-state index in [0.717, 1.165) is 45.7 Å². The number of rotatable bonds is 6. The van der Waals surface area contributed by atoms with E-state index < -0.39 is 5.54 Å². The average Bonchev–Trinajstić information content (AvgIpc) is 2.28. The highest BCUT2D eigenvalue weighted by Crippen LogP contribution is 2.00. The molecule has 17 heavy (non-hydrogen) atoms. The highest BCUT2D eigenvalue weighted by molar-refractivity contribution is 5.84. The lowest BCUT2D eigenvalue weighted by atomic mass is 10.1. The number of nitrogens with two attached hydrogens (primary N) is 1. The molecule has 100 valence electrons. The molecule has 0 radical (unpaired) electrons. The first-order valence-corrected chi connectivity index (χ1v) is 6.37. The molecule has 0 aromatic heterocycles. The molecule has 5 nitrogen and oxygen atoms in total. The molecule has 3 N–H and O–H groups in total. The van der Waals surface area contributed by atoms with Crippen LogP contribution in [0.15, 0.2) is 0 Å². The first-order valence-electron chi connectivity index (χ1n) is 6.37. The lowest BCUT2D eigenvalue weighted by Crippen LogP contribution is -2.49. The van der Waals surface area contributed by atoms with Crippen molar-refractivity contribution in [3.05, 3.63) is 0 Å². The van der Waals surface area contributed by atoms with Crippen molar-refractivity contribution >= 4 is 5.91 Å². The monoisotopic (exact) mass is 243 g/mol. The molecule has 0 atom stereocenters. The van der Waals surface area contributed by atoms with Crippen LogP contribution in [0.1, 0.15) is 26.7 Å².